The number of nitrogens with one attached hydrogen (secondary N) is 1. The van der Waals surface area contributed by atoms with Crippen LogP contribution in [0.1, 0.15) is 42.4 Å². The number of hydrogen-bond donors (Lipinski definition) is 2. The lowest BCUT2D eigenvalue weighted by Gasteiger charge is -2.15. The van der Waals surface area contributed by atoms with E-state index in [-0.39, 0.29) is 19.1 Å². The van der Waals surface area contributed by atoms with Crippen molar-refractivity contribution in [3.05, 3.63) is 23.5 Å². The normalized spacial score (nSPS) is 12.5. The van der Waals surface area contributed by atoms with E-state index < -0.39 is 17.9 Å². The van der Waals surface area contributed by atoms with E-state index in [1.165, 1.54) is 7.11 Å². The lowest BCUT2D eigenvalue weighted by molar-refractivity contribution is -0.139. The minimum absolute atomic E-state index is 0.0983. The lowest BCUT2D eigenvalue weighted by atomic mass is 10.1. The fraction of sp³-hybridized carbons (Fsp3) is 0.500. The molecule has 0 spiro atoms. The Kier molecular flexibility index (Phi) is 5.50. The summed E-state index contributed by atoms with van der Waals surface area (Å²) in [5.74, 6) is -1.56. The van der Waals surface area contributed by atoms with Gasteiger partial charge >= 0.3 is 5.97 Å². The third-order valence-electron chi connectivity index (χ3n) is 3.64. The summed E-state index contributed by atoms with van der Waals surface area (Å²) < 4.78 is 6.63. The Labute approximate surface area is 139 Å². The smallest absolute Gasteiger partial charge is 0.326 e. The van der Waals surface area contributed by atoms with Gasteiger partial charge in [-0.3, -0.25) is 4.79 Å². The summed E-state index contributed by atoms with van der Waals surface area (Å²) in [4.78, 5) is 28.3. The Hall–Kier alpha value is -2.48. The maximum Gasteiger partial charge on any atom is 0.326 e. The van der Waals surface area contributed by atoms with Gasteiger partial charge in [0.1, 0.15) is 6.04 Å². The fourth-order valence-corrected chi connectivity index (χ4v) is 2.44. The van der Waals surface area contributed by atoms with Crippen LogP contribution in [0, 0.1) is 6.92 Å². The van der Waals surface area contributed by atoms with Crippen molar-refractivity contribution in [3.63, 3.8) is 0 Å². The molecule has 2 heterocycles. The second-order valence-electron chi connectivity index (χ2n) is 5.88. The molecule has 0 saturated heterocycles. The largest absolute Gasteiger partial charge is 0.480 e. The zero-order valence-corrected chi connectivity index (χ0v) is 14.2. The minimum atomic E-state index is -1.10. The van der Waals surface area contributed by atoms with Crippen LogP contribution in [0.3, 0.4) is 0 Å². The summed E-state index contributed by atoms with van der Waals surface area (Å²) in [5, 5.41) is 16.7. The average molecular weight is 334 g/mol. The highest BCUT2D eigenvalue weighted by molar-refractivity contribution is 6.06. The maximum absolute atomic E-state index is 12.6. The van der Waals surface area contributed by atoms with Gasteiger partial charge in [-0.15, -0.1) is 0 Å². The van der Waals surface area contributed by atoms with Crippen LogP contribution in [-0.2, 0) is 9.53 Å². The SMILES string of the molecule is COCCC(NC(=O)c1cc(C)nc2c1cnn2C(C)C)C(=O)O. The number of carboxylic acids is 1. The third kappa shape index (κ3) is 3.70. The van der Waals surface area contributed by atoms with Gasteiger partial charge in [0.2, 0.25) is 0 Å². The first-order valence-corrected chi connectivity index (χ1v) is 7.72. The molecule has 2 N–H and O–H groups in total. The van der Waals surface area contributed by atoms with E-state index >= 15 is 0 Å². The molecule has 1 atom stereocenters. The second kappa shape index (κ2) is 7.39. The predicted molar refractivity (Wildman–Crippen MR) is 88.0 cm³/mol. The molecule has 2 rings (SSSR count). The molecule has 1 amide bonds. The quantitative estimate of drug-likeness (QED) is 0.795. The molecule has 0 bridgehead atoms. The molecule has 0 radical (unpaired) electrons. The number of pyridine rings is 1. The lowest BCUT2D eigenvalue weighted by Crippen LogP contribution is -2.41. The molecule has 2 aromatic heterocycles. The number of aryl methyl sites for hydroxylation is 1. The molecule has 0 aliphatic rings. The van der Waals surface area contributed by atoms with Crippen molar-refractivity contribution in [1.82, 2.24) is 20.1 Å². The van der Waals surface area contributed by atoms with Gasteiger partial charge in [-0.1, -0.05) is 0 Å². The highest BCUT2D eigenvalue weighted by Gasteiger charge is 2.23. The number of ether oxygens (including phenoxy) is 1. The van der Waals surface area contributed by atoms with Gasteiger partial charge in [0, 0.05) is 31.9 Å². The van der Waals surface area contributed by atoms with Crippen LogP contribution in [0.25, 0.3) is 11.0 Å². The van der Waals surface area contributed by atoms with Crippen molar-refractivity contribution in [3.8, 4) is 0 Å². The van der Waals surface area contributed by atoms with Gasteiger partial charge in [0.05, 0.1) is 17.1 Å². The van der Waals surface area contributed by atoms with E-state index in [4.69, 9.17) is 4.74 Å². The summed E-state index contributed by atoms with van der Waals surface area (Å²) >= 11 is 0. The molecule has 0 aromatic carbocycles. The summed E-state index contributed by atoms with van der Waals surface area (Å²) in [6.07, 6.45) is 1.78. The standard InChI is InChI=1S/C16H22N4O4/c1-9(2)20-14-12(8-17-20)11(7-10(3)18-14)15(21)19-13(16(22)23)5-6-24-4/h7-9,13H,5-6H2,1-4H3,(H,19,21)(H,22,23). The highest BCUT2D eigenvalue weighted by Crippen LogP contribution is 2.21. The van der Waals surface area contributed by atoms with Crippen molar-refractivity contribution >= 4 is 22.9 Å². The van der Waals surface area contributed by atoms with Crippen LogP contribution < -0.4 is 5.32 Å². The summed E-state index contributed by atoms with van der Waals surface area (Å²) in [7, 11) is 1.48. The molecule has 130 valence electrons. The fourth-order valence-electron chi connectivity index (χ4n) is 2.44. The van der Waals surface area contributed by atoms with Gasteiger partial charge in [-0.25, -0.2) is 14.5 Å². The number of amides is 1. The molecule has 8 nitrogen and oxygen atoms in total. The minimum Gasteiger partial charge on any atom is -0.480 e. The Morgan fingerprint density at radius 2 is 2.12 bits per heavy atom. The number of hydrogen-bond acceptors (Lipinski definition) is 5. The number of rotatable bonds is 7. The number of methoxy groups -OCH3 is 1. The number of aliphatic carboxylic acids is 1. The van der Waals surface area contributed by atoms with E-state index in [0.29, 0.717) is 22.3 Å². The van der Waals surface area contributed by atoms with Gasteiger partial charge in [-0.2, -0.15) is 5.10 Å². The number of carbonyl (C=O) groups excluding carboxylic acids is 1. The van der Waals surface area contributed by atoms with Crippen LogP contribution in [0.2, 0.25) is 0 Å². The number of fused-ring (bicyclic) bond motifs is 1. The molecule has 8 heteroatoms. The van der Waals surface area contributed by atoms with Crippen LogP contribution in [0.4, 0.5) is 0 Å². The van der Waals surface area contributed by atoms with E-state index in [2.05, 4.69) is 15.4 Å². The van der Waals surface area contributed by atoms with E-state index in [1.54, 1.807) is 23.9 Å². The van der Waals surface area contributed by atoms with E-state index in [0.717, 1.165) is 0 Å². The summed E-state index contributed by atoms with van der Waals surface area (Å²) in [6, 6.07) is 0.724. The molecule has 0 saturated carbocycles. The van der Waals surface area contributed by atoms with Crippen molar-refractivity contribution in [2.45, 2.75) is 39.3 Å². The maximum atomic E-state index is 12.6. The first-order valence-electron chi connectivity index (χ1n) is 7.72. The molecular weight excluding hydrogens is 312 g/mol. The third-order valence-corrected chi connectivity index (χ3v) is 3.64. The molecular formula is C16H22N4O4. The molecule has 1 unspecified atom stereocenters. The van der Waals surface area contributed by atoms with Gasteiger partial charge in [0.15, 0.2) is 5.65 Å². The zero-order valence-electron chi connectivity index (χ0n) is 14.2. The summed E-state index contributed by atoms with van der Waals surface area (Å²) in [6.45, 7) is 5.98. The van der Waals surface area contributed by atoms with Gasteiger partial charge in [-0.05, 0) is 26.8 Å². The van der Waals surface area contributed by atoms with E-state index in [9.17, 15) is 14.7 Å². The topological polar surface area (TPSA) is 106 Å². The Morgan fingerprint density at radius 3 is 2.71 bits per heavy atom. The molecule has 0 aliphatic carbocycles. The Morgan fingerprint density at radius 1 is 1.42 bits per heavy atom. The first-order chi connectivity index (χ1) is 11.3. The Bertz CT molecular complexity index is 754. The molecule has 2 aromatic rings. The van der Waals surface area contributed by atoms with Crippen molar-refractivity contribution < 1.29 is 19.4 Å². The second-order valence-corrected chi connectivity index (χ2v) is 5.88. The number of aromatic nitrogens is 3. The number of carboxylic acid groups (broad SMARTS) is 1. The number of carbonyl (C=O) groups is 2. The molecule has 0 fully saturated rings. The molecule has 24 heavy (non-hydrogen) atoms. The van der Waals surface area contributed by atoms with Gasteiger partial charge in [0.25, 0.3) is 5.91 Å². The van der Waals surface area contributed by atoms with Crippen molar-refractivity contribution in [2.24, 2.45) is 0 Å². The summed E-state index contributed by atoms with van der Waals surface area (Å²) in [5.41, 5.74) is 1.64. The van der Waals surface area contributed by atoms with Crippen LogP contribution in [-0.4, -0.2) is 51.5 Å². The Balaban J connectivity index is 2.37. The van der Waals surface area contributed by atoms with Crippen molar-refractivity contribution in [1.29, 1.82) is 0 Å². The zero-order chi connectivity index (χ0) is 17.9. The monoisotopic (exact) mass is 334 g/mol. The van der Waals surface area contributed by atoms with Gasteiger partial charge < -0.3 is 15.2 Å². The number of nitrogens with zero attached hydrogens (tertiary/aromatic N) is 3. The first kappa shape index (κ1) is 17.9. The highest BCUT2D eigenvalue weighted by atomic mass is 16.5. The average Bonchev–Trinajstić information content (AvgIpc) is 2.93. The van der Waals surface area contributed by atoms with Crippen LogP contribution >= 0.6 is 0 Å². The predicted octanol–water partition coefficient (Wildman–Crippen LogP) is 1.54. The molecule has 0 aliphatic heterocycles. The van der Waals surface area contributed by atoms with E-state index in [1.807, 2.05) is 13.8 Å². The van der Waals surface area contributed by atoms with Crippen LogP contribution in [0.15, 0.2) is 12.3 Å². The van der Waals surface area contributed by atoms with Crippen LogP contribution in [0.5, 0.6) is 0 Å². The van der Waals surface area contributed by atoms with Crippen molar-refractivity contribution in [2.75, 3.05) is 13.7 Å².